The molecular weight excluding hydrogens is 284 g/mol. The van der Waals surface area contributed by atoms with Crippen molar-refractivity contribution >= 4 is 33.3 Å². The van der Waals surface area contributed by atoms with Gasteiger partial charge in [-0.1, -0.05) is 6.92 Å². The standard InChI is InChI=1S/C15H24N4OS/c1-4-8-20-9-6-7-17-13-12-10-11(3)21-14(12)19-15(18-13)16-5-2/h10H,4-9H2,1-3H3,(H2,16,17,18,19). The Morgan fingerprint density at radius 1 is 1.19 bits per heavy atom. The second kappa shape index (κ2) is 8.14. The number of aromatic nitrogens is 2. The van der Waals surface area contributed by atoms with E-state index in [-0.39, 0.29) is 0 Å². The number of rotatable bonds is 9. The highest BCUT2D eigenvalue weighted by atomic mass is 32.1. The normalized spacial score (nSPS) is 11.0. The molecule has 0 aromatic carbocycles. The molecule has 0 amide bonds. The molecule has 116 valence electrons. The molecule has 6 heteroatoms. The minimum atomic E-state index is 0.691. The Bertz CT molecular complexity index is 570. The van der Waals surface area contributed by atoms with Crippen LogP contribution in [0.5, 0.6) is 0 Å². The van der Waals surface area contributed by atoms with Crippen LogP contribution in [0.25, 0.3) is 10.2 Å². The van der Waals surface area contributed by atoms with Crippen LogP contribution in [0.2, 0.25) is 0 Å². The van der Waals surface area contributed by atoms with Crippen LogP contribution in [0.1, 0.15) is 31.6 Å². The summed E-state index contributed by atoms with van der Waals surface area (Å²) in [5.41, 5.74) is 0. The van der Waals surface area contributed by atoms with E-state index in [9.17, 15) is 0 Å². The minimum absolute atomic E-state index is 0.691. The minimum Gasteiger partial charge on any atom is -0.381 e. The molecule has 0 bridgehead atoms. The van der Waals surface area contributed by atoms with Gasteiger partial charge in [0.2, 0.25) is 5.95 Å². The molecule has 2 aromatic rings. The monoisotopic (exact) mass is 308 g/mol. The molecule has 21 heavy (non-hydrogen) atoms. The lowest BCUT2D eigenvalue weighted by atomic mass is 10.3. The molecule has 0 saturated heterocycles. The summed E-state index contributed by atoms with van der Waals surface area (Å²) in [7, 11) is 0. The van der Waals surface area contributed by atoms with E-state index in [1.807, 2.05) is 6.92 Å². The van der Waals surface area contributed by atoms with Crippen LogP contribution < -0.4 is 10.6 Å². The maximum Gasteiger partial charge on any atom is 0.226 e. The van der Waals surface area contributed by atoms with Gasteiger partial charge < -0.3 is 15.4 Å². The summed E-state index contributed by atoms with van der Waals surface area (Å²) in [6.07, 6.45) is 2.05. The molecular formula is C15H24N4OS. The third kappa shape index (κ3) is 4.54. The molecule has 2 heterocycles. The van der Waals surface area contributed by atoms with Crippen LogP contribution in [0.3, 0.4) is 0 Å². The summed E-state index contributed by atoms with van der Waals surface area (Å²) in [6, 6.07) is 2.14. The molecule has 2 rings (SSSR count). The van der Waals surface area contributed by atoms with Gasteiger partial charge in [-0.3, -0.25) is 0 Å². The molecule has 5 nitrogen and oxygen atoms in total. The van der Waals surface area contributed by atoms with Crippen molar-refractivity contribution in [3.05, 3.63) is 10.9 Å². The first-order chi connectivity index (χ1) is 10.2. The Balaban J connectivity index is 2.02. The van der Waals surface area contributed by atoms with Crippen molar-refractivity contribution in [3.63, 3.8) is 0 Å². The van der Waals surface area contributed by atoms with Crippen molar-refractivity contribution in [1.82, 2.24) is 9.97 Å². The first-order valence-electron chi connectivity index (χ1n) is 7.58. The molecule has 0 fully saturated rings. The van der Waals surface area contributed by atoms with E-state index in [1.165, 1.54) is 4.88 Å². The van der Waals surface area contributed by atoms with Gasteiger partial charge in [0, 0.05) is 31.2 Å². The number of hydrogen-bond donors (Lipinski definition) is 2. The highest BCUT2D eigenvalue weighted by Gasteiger charge is 2.09. The number of hydrogen-bond acceptors (Lipinski definition) is 6. The molecule has 0 aliphatic heterocycles. The number of fused-ring (bicyclic) bond motifs is 1. The van der Waals surface area contributed by atoms with Crippen LogP contribution >= 0.6 is 11.3 Å². The van der Waals surface area contributed by atoms with Crippen molar-refractivity contribution in [2.45, 2.75) is 33.6 Å². The van der Waals surface area contributed by atoms with Crippen molar-refractivity contribution < 1.29 is 4.74 Å². The molecule has 0 aliphatic carbocycles. The van der Waals surface area contributed by atoms with Crippen LogP contribution in [-0.2, 0) is 4.74 Å². The van der Waals surface area contributed by atoms with E-state index in [4.69, 9.17) is 4.74 Å². The van der Waals surface area contributed by atoms with Gasteiger partial charge in [-0.25, -0.2) is 4.98 Å². The van der Waals surface area contributed by atoms with E-state index in [1.54, 1.807) is 11.3 Å². The second-order valence-corrected chi connectivity index (χ2v) is 6.13. The quantitative estimate of drug-likeness (QED) is 0.692. The van der Waals surface area contributed by atoms with E-state index in [2.05, 4.69) is 40.5 Å². The van der Waals surface area contributed by atoms with Gasteiger partial charge in [0.15, 0.2) is 0 Å². The van der Waals surface area contributed by atoms with Gasteiger partial charge >= 0.3 is 0 Å². The molecule has 2 N–H and O–H groups in total. The van der Waals surface area contributed by atoms with E-state index >= 15 is 0 Å². The molecule has 0 unspecified atom stereocenters. The summed E-state index contributed by atoms with van der Waals surface area (Å²) in [6.45, 7) is 9.57. The number of anilines is 2. The summed E-state index contributed by atoms with van der Waals surface area (Å²) in [5.74, 6) is 1.60. The third-order valence-electron chi connectivity index (χ3n) is 2.96. The number of nitrogens with one attached hydrogen (secondary N) is 2. The number of ether oxygens (including phenoxy) is 1. The lowest BCUT2D eigenvalue weighted by molar-refractivity contribution is 0.134. The van der Waals surface area contributed by atoms with Gasteiger partial charge in [0.05, 0.1) is 5.39 Å². The first-order valence-corrected chi connectivity index (χ1v) is 8.40. The third-order valence-corrected chi connectivity index (χ3v) is 3.90. The second-order valence-electron chi connectivity index (χ2n) is 4.89. The van der Waals surface area contributed by atoms with E-state index in [0.717, 1.165) is 55.2 Å². The van der Waals surface area contributed by atoms with Crippen molar-refractivity contribution in [2.75, 3.05) is 36.9 Å². The van der Waals surface area contributed by atoms with Gasteiger partial charge in [0.1, 0.15) is 10.6 Å². The zero-order chi connectivity index (χ0) is 15.1. The smallest absolute Gasteiger partial charge is 0.226 e. The van der Waals surface area contributed by atoms with Crippen molar-refractivity contribution in [3.8, 4) is 0 Å². The lowest BCUT2D eigenvalue weighted by Gasteiger charge is -2.09. The zero-order valence-corrected chi connectivity index (χ0v) is 13.8. The van der Waals surface area contributed by atoms with Crippen LogP contribution in [0.15, 0.2) is 6.07 Å². The highest BCUT2D eigenvalue weighted by Crippen LogP contribution is 2.29. The molecule has 0 aliphatic rings. The number of thiophene rings is 1. The van der Waals surface area contributed by atoms with Crippen LogP contribution in [0.4, 0.5) is 11.8 Å². The molecule has 0 radical (unpaired) electrons. The maximum absolute atomic E-state index is 5.49. The highest BCUT2D eigenvalue weighted by molar-refractivity contribution is 7.18. The molecule has 0 atom stereocenters. The zero-order valence-electron chi connectivity index (χ0n) is 13.0. The van der Waals surface area contributed by atoms with Crippen molar-refractivity contribution in [2.24, 2.45) is 0 Å². The van der Waals surface area contributed by atoms with Crippen LogP contribution in [-0.4, -0.2) is 36.3 Å². The fourth-order valence-electron chi connectivity index (χ4n) is 2.04. The summed E-state index contributed by atoms with van der Waals surface area (Å²) in [4.78, 5) is 11.4. The van der Waals surface area contributed by atoms with Gasteiger partial charge in [0.25, 0.3) is 0 Å². The summed E-state index contributed by atoms with van der Waals surface area (Å²) in [5, 5.41) is 7.70. The van der Waals surface area contributed by atoms with Gasteiger partial charge in [-0.05, 0) is 32.8 Å². The fraction of sp³-hybridized carbons (Fsp3) is 0.600. The Morgan fingerprint density at radius 3 is 2.81 bits per heavy atom. The number of aryl methyl sites for hydroxylation is 1. The molecule has 0 saturated carbocycles. The average molecular weight is 308 g/mol. The van der Waals surface area contributed by atoms with E-state index < -0.39 is 0 Å². The van der Waals surface area contributed by atoms with Gasteiger partial charge in [-0.15, -0.1) is 11.3 Å². The van der Waals surface area contributed by atoms with Crippen molar-refractivity contribution in [1.29, 1.82) is 0 Å². The Labute approximate surface area is 130 Å². The fourth-order valence-corrected chi connectivity index (χ4v) is 2.92. The average Bonchev–Trinajstić information content (AvgIpc) is 2.83. The Kier molecular flexibility index (Phi) is 6.20. The lowest BCUT2D eigenvalue weighted by Crippen LogP contribution is -2.09. The molecule has 0 spiro atoms. The topological polar surface area (TPSA) is 59.1 Å². The predicted octanol–water partition coefficient (Wildman–Crippen LogP) is 3.66. The maximum atomic E-state index is 5.49. The molecule has 2 aromatic heterocycles. The Hall–Kier alpha value is -1.40. The number of nitrogens with zero attached hydrogens (tertiary/aromatic N) is 2. The predicted molar refractivity (Wildman–Crippen MR) is 90.5 cm³/mol. The first kappa shape index (κ1) is 16.0. The largest absolute Gasteiger partial charge is 0.381 e. The Morgan fingerprint density at radius 2 is 2.05 bits per heavy atom. The summed E-state index contributed by atoms with van der Waals surface area (Å²) < 4.78 is 5.49. The van der Waals surface area contributed by atoms with E-state index in [0.29, 0.717) is 5.95 Å². The van der Waals surface area contributed by atoms with Gasteiger partial charge in [-0.2, -0.15) is 4.98 Å². The summed E-state index contributed by atoms with van der Waals surface area (Å²) >= 11 is 1.70. The SMILES string of the molecule is CCCOCCCNc1nc(NCC)nc2sc(C)cc12. The van der Waals surface area contributed by atoms with Crippen LogP contribution in [0, 0.1) is 6.92 Å².